The lowest BCUT2D eigenvalue weighted by molar-refractivity contribution is 0.485. The van der Waals surface area contributed by atoms with Gasteiger partial charge in [-0.05, 0) is 24.3 Å². The molecule has 24 heavy (non-hydrogen) atoms. The van der Waals surface area contributed by atoms with Gasteiger partial charge in [0.05, 0.1) is 29.5 Å². The molecule has 120 valence electrons. The number of benzene rings is 1. The third-order valence-corrected chi connectivity index (χ3v) is 4.44. The van der Waals surface area contributed by atoms with Gasteiger partial charge in [-0.2, -0.15) is 5.10 Å². The topological polar surface area (TPSA) is 89.6 Å². The highest BCUT2D eigenvalue weighted by molar-refractivity contribution is 7.98. The zero-order valence-electron chi connectivity index (χ0n) is 12.5. The van der Waals surface area contributed by atoms with Gasteiger partial charge < -0.3 is 4.42 Å². The number of hydrogen-bond donors (Lipinski definition) is 1. The number of para-hydroxylation sites is 1. The van der Waals surface area contributed by atoms with Crippen LogP contribution in [0.2, 0.25) is 0 Å². The number of nitrogens with zero attached hydrogens (tertiary/aromatic N) is 4. The van der Waals surface area contributed by atoms with Gasteiger partial charge in [0, 0.05) is 0 Å². The number of nitrogens with one attached hydrogen (secondary N) is 1. The molecule has 0 aliphatic heterocycles. The van der Waals surface area contributed by atoms with Crippen LogP contribution in [0.3, 0.4) is 0 Å². The third kappa shape index (κ3) is 2.83. The van der Waals surface area contributed by atoms with E-state index in [9.17, 15) is 4.79 Å². The Morgan fingerprint density at radius 1 is 1.21 bits per heavy atom. The highest BCUT2D eigenvalue weighted by atomic mass is 32.2. The second-order valence-electron chi connectivity index (χ2n) is 5.10. The van der Waals surface area contributed by atoms with Crippen molar-refractivity contribution in [3.63, 3.8) is 0 Å². The number of furan rings is 1. The van der Waals surface area contributed by atoms with Gasteiger partial charge in [0.15, 0.2) is 5.16 Å². The van der Waals surface area contributed by atoms with Gasteiger partial charge in [-0.1, -0.05) is 23.9 Å². The quantitative estimate of drug-likeness (QED) is 0.562. The fourth-order valence-corrected chi connectivity index (χ4v) is 3.17. The summed E-state index contributed by atoms with van der Waals surface area (Å²) in [6, 6.07) is 11.0. The van der Waals surface area contributed by atoms with Crippen molar-refractivity contribution in [2.75, 3.05) is 0 Å². The number of aromatic nitrogens is 5. The molecule has 0 saturated heterocycles. The average molecular weight is 339 g/mol. The van der Waals surface area contributed by atoms with Crippen molar-refractivity contribution in [3.05, 3.63) is 70.9 Å². The van der Waals surface area contributed by atoms with E-state index in [1.165, 1.54) is 18.1 Å². The molecular formula is C16H13N5O2S. The molecule has 0 bridgehead atoms. The normalized spacial score (nSPS) is 11.2. The van der Waals surface area contributed by atoms with E-state index in [1.807, 2.05) is 24.3 Å². The Morgan fingerprint density at radius 3 is 2.92 bits per heavy atom. The van der Waals surface area contributed by atoms with E-state index < -0.39 is 0 Å². The van der Waals surface area contributed by atoms with Crippen LogP contribution < -0.4 is 5.56 Å². The first-order valence-electron chi connectivity index (χ1n) is 7.30. The molecule has 1 aromatic carbocycles. The molecule has 0 spiro atoms. The fourth-order valence-electron chi connectivity index (χ4n) is 2.44. The van der Waals surface area contributed by atoms with Crippen LogP contribution in [0.4, 0.5) is 0 Å². The Kier molecular flexibility index (Phi) is 3.87. The van der Waals surface area contributed by atoms with Crippen molar-refractivity contribution in [1.82, 2.24) is 24.7 Å². The Labute approximate surface area is 140 Å². The standard InChI is InChI=1S/C16H13N5O2S/c22-15-12-5-1-2-6-13(12)19-14(9-24-16-17-10-18-20-16)21(15)8-11-4-3-7-23-11/h1-7,10H,8-9H2,(H,17,18,20). The monoisotopic (exact) mass is 339 g/mol. The van der Waals surface area contributed by atoms with Crippen molar-refractivity contribution in [3.8, 4) is 0 Å². The largest absolute Gasteiger partial charge is 0.467 e. The number of fused-ring (bicyclic) bond motifs is 1. The van der Waals surface area contributed by atoms with Crippen LogP contribution >= 0.6 is 11.8 Å². The summed E-state index contributed by atoms with van der Waals surface area (Å²) in [7, 11) is 0. The van der Waals surface area contributed by atoms with E-state index in [4.69, 9.17) is 4.42 Å². The summed E-state index contributed by atoms with van der Waals surface area (Å²) < 4.78 is 7.03. The SMILES string of the molecule is O=c1c2ccccc2nc(CSc2ncn[nH]2)n1Cc1ccco1. The van der Waals surface area contributed by atoms with Gasteiger partial charge in [-0.15, -0.1) is 0 Å². The zero-order valence-corrected chi connectivity index (χ0v) is 13.4. The number of thioether (sulfide) groups is 1. The molecule has 0 unspecified atom stereocenters. The predicted molar refractivity (Wildman–Crippen MR) is 89.8 cm³/mol. The van der Waals surface area contributed by atoms with E-state index >= 15 is 0 Å². The molecule has 0 fully saturated rings. The second kappa shape index (κ2) is 6.32. The van der Waals surface area contributed by atoms with Crippen molar-refractivity contribution >= 4 is 22.7 Å². The van der Waals surface area contributed by atoms with E-state index in [-0.39, 0.29) is 5.56 Å². The molecule has 0 amide bonds. The van der Waals surface area contributed by atoms with Gasteiger partial charge in [-0.3, -0.25) is 14.5 Å². The van der Waals surface area contributed by atoms with Gasteiger partial charge in [-0.25, -0.2) is 9.97 Å². The highest BCUT2D eigenvalue weighted by Crippen LogP contribution is 2.19. The molecule has 4 rings (SSSR count). The van der Waals surface area contributed by atoms with Crippen LogP contribution in [-0.4, -0.2) is 24.7 Å². The van der Waals surface area contributed by atoms with Crippen molar-refractivity contribution < 1.29 is 4.42 Å². The van der Waals surface area contributed by atoms with Gasteiger partial charge in [0.25, 0.3) is 5.56 Å². The number of rotatable bonds is 5. The van der Waals surface area contributed by atoms with E-state index in [0.29, 0.717) is 39.9 Å². The molecule has 3 heterocycles. The third-order valence-electron chi connectivity index (χ3n) is 3.57. The molecule has 4 aromatic rings. The molecular weight excluding hydrogens is 326 g/mol. The summed E-state index contributed by atoms with van der Waals surface area (Å²) in [5, 5.41) is 7.89. The Bertz CT molecular complexity index is 1010. The van der Waals surface area contributed by atoms with Crippen LogP contribution in [0.5, 0.6) is 0 Å². The molecule has 0 radical (unpaired) electrons. The Morgan fingerprint density at radius 2 is 2.12 bits per heavy atom. The lowest BCUT2D eigenvalue weighted by atomic mass is 10.2. The maximum absolute atomic E-state index is 12.9. The molecule has 8 heteroatoms. The van der Waals surface area contributed by atoms with Gasteiger partial charge in [0.1, 0.15) is 17.9 Å². The van der Waals surface area contributed by atoms with Crippen LogP contribution in [0, 0.1) is 0 Å². The van der Waals surface area contributed by atoms with Crippen LogP contribution in [-0.2, 0) is 12.3 Å². The summed E-state index contributed by atoms with van der Waals surface area (Å²) in [5.41, 5.74) is 0.608. The molecule has 0 atom stereocenters. The van der Waals surface area contributed by atoms with Crippen LogP contribution in [0.15, 0.2) is 63.4 Å². The first-order valence-corrected chi connectivity index (χ1v) is 8.29. The van der Waals surface area contributed by atoms with Crippen molar-refractivity contribution in [2.45, 2.75) is 17.5 Å². The maximum Gasteiger partial charge on any atom is 0.261 e. The fraction of sp³-hybridized carbons (Fsp3) is 0.125. The molecule has 3 aromatic heterocycles. The van der Waals surface area contributed by atoms with Gasteiger partial charge >= 0.3 is 0 Å². The summed E-state index contributed by atoms with van der Waals surface area (Å²) in [6.07, 6.45) is 3.05. The number of H-pyrrole nitrogens is 1. The highest BCUT2D eigenvalue weighted by Gasteiger charge is 2.13. The predicted octanol–water partition coefficient (Wildman–Crippen LogP) is 2.45. The maximum atomic E-state index is 12.9. The zero-order chi connectivity index (χ0) is 16.4. The number of hydrogen-bond acceptors (Lipinski definition) is 6. The van der Waals surface area contributed by atoms with Crippen LogP contribution in [0.1, 0.15) is 11.6 Å². The molecule has 0 aliphatic rings. The summed E-state index contributed by atoms with van der Waals surface area (Å²) in [6.45, 7) is 0.343. The first kappa shape index (κ1) is 14.7. The van der Waals surface area contributed by atoms with Crippen LogP contribution in [0.25, 0.3) is 10.9 Å². The van der Waals surface area contributed by atoms with E-state index in [0.717, 1.165) is 0 Å². The lowest BCUT2D eigenvalue weighted by Gasteiger charge is -2.11. The summed E-state index contributed by atoms with van der Waals surface area (Å²) in [4.78, 5) is 21.6. The number of aromatic amines is 1. The summed E-state index contributed by atoms with van der Waals surface area (Å²) in [5.74, 6) is 1.87. The molecule has 0 saturated carbocycles. The van der Waals surface area contributed by atoms with E-state index in [1.54, 1.807) is 23.0 Å². The molecule has 7 nitrogen and oxygen atoms in total. The minimum atomic E-state index is -0.0785. The lowest BCUT2D eigenvalue weighted by Crippen LogP contribution is -2.25. The Hall–Kier alpha value is -2.87. The van der Waals surface area contributed by atoms with E-state index in [2.05, 4.69) is 20.2 Å². The molecule has 1 N–H and O–H groups in total. The second-order valence-corrected chi connectivity index (χ2v) is 6.06. The Balaban J connectivity index is 1.78. The molecule has 0 aliphatic carbocycles. The van der Waals surface area contributed by atoms with Crippen molar-refractivity contribution in [1.29, 1.82) is 0 Å². The minimum absolute atomic E-state index is 0.0785. The average Bonchev–Trinajstić information content (AvgIpc) is 3.29. The minimum Gasteiger partial charge on any atom is -0.467 e. The smallest absolute Gasteiger partial charge is 0.261 e. The summed E-state index contributed by atoms with van der Waals surface area (Å²) >= 11 is 1.44. The van der Waals surface area contributed by atoms with Crippen molar-refractivity contribution in [2.24, 2.45) is 0 Å². The first-order chi connectivity index (χ1) is 11.8. The van der Waals surface area contributed by atoms with Gasteiger partial charge in [0.2, 0.25) is 0 Å².